The first-order chi connectivity index (χ1) is 13.6. The van der Waals surface area contributed by atoms with Crippen molar-refractivity contribution in [3.63, 3.8) is 0 Å². The number of hydrogen-bond donors (Lipinski definition) is 2. The minimum absolute atomic E-state index is 0.0361. The third kappa shape index (κ3) is 3.59. The van der Waals surface area contributed by atoms with Gasteiger partial charge in [0, 0.05) is 21.3 Å². The van der Waals surface area contributed by atoms with Crippen LogP contribution in [0.15, 0.2) is 46.0 Å². The maximum absolute atomic E-state index is 10.2. The average Bonchev–Trinajstić information content (AvgIpc) is 2.84. The van der Waals surface area contributed by atoms with Crippen LogP contribution in [0.3, 0.4) is 0 Å². The second-order valence-electron chi connectivity index (χ2n) is 5.94. The van der Waals surface area contributed by atoms with Crippen LogP contribution in [0.4, 0.5) is 5.69 Å². The highest BCUT2D eigenvalue weighted by molar-refractivity contribution is 9.10. The Morgan fingerprint density at radius 3 is 2.86 bits per heavy atom. The molecule has 1 atom stereocenters. The molecule has 3 aromatic rings. The van der Waals surface area contributed by atoms with Crippen molar-refractivity contribution in [3.05, 3.63) is 46.4 Å². The van der Waals surface area contributed by atoms with E-state index in [1.807, 2.05) is 31.2 Å². The van der Waals surface area contributed by atoms with E-state index in [2.05, 4.69) is 36.4 Å². The lowest BCUT2D eigenvalue weighted by molar-refractivity contribution is 0.224. The lowest BCUT2D eigenvalue weighted by Gasteiger charge is -2.20. The summed E-state index contributed by atoms with van der Waals surface area (Å²) >= 11 is 5.00. The molecule has 0 saturated carbocycles. The molecule has 2 heterocycles. The molecule has 1 aliphatic heterocycles. The molecule has 1 aliphatic rings. The Morgan fingerprint density at radius 1 is 1.25 bits per heavy atom. The van der Waals surface area contributed by atoms with Gasteiger partial charge in [0.1, 0.15) is 0 Å². The Bertz CT molecular complexity index is 1030. The van der Waals surface area contributed by atoms with Gasteiger partial charge in [-0.1, -0.05) is 34.6 Å². The molecule has 0 fully saturated rings. The number of thioether (sulfide) groups is 1. The summed E-state index contributed by atoms with van der Waals surface area (Å²) in [5.74, 6) is 1.65. The molecular formula is C19H17BrN4O3S. The maximum atomic E-state index is 10.2. The number of aromatic hydroxyl groups is 1. The van der Waals surface area contributed by atoms with Gasteiger partial charge < -0.3 is 19.9 Å². The summed E-state index contributed by atoms with van der Waals surface area (Å²) in [4.78, 5) is 4.55. The Morgan fingerprint density at radius 2 is 2.11 bits per heavy atom. The number of nitrogens with one attached hydrogen (secondary N) is 1. The largest absolute Gasteiger partial charge is 0.504 e. The molecule has 7 nitrogen and oxygen atoms in total. The van der Waals surface area contributed by atoms with Crippen LogP contribution in [0.1, 0.15) is 18.7 Å². The number of phenolic OH excluding ortho intramolecular Hbond substituents is 1. The number of benzene rings is 2. The molecule has 1 aromatic heterocycles. The molecule has 4 rings (SSSR count). The Labute approximate surface area is 174 Å². The van der Waals surface area contributed by atoms with E-state index in [0.29, 0.717) is 22.5 Å². The van der Waals surface area contributed by atoms with Crippen LogP contribution in [-0.2, 0) is 0 Å². The number of phenols is 1. The number of ether oxygens (including phenoxy) is 2. The van der Waals surface area contributed by atoms with Crippen LogP contribution in [0.2, 0.25) is 0 Å². The monoisotopic (exact) mass is 460 g/mol. The Hall–Kier alpha value is -2.52. The Balaban J connectivity index is 1.83. The summed E-state index contributed by atoms with van der Waals surface area (Å²) in [6.45, 7) is 2.03. The van der Waals surface area contributed by atoms with Crippen molar-refractivity contribution < 1.29 is 14.6 Å². The van der Waals surface area contributed by atoms with Crippen molar-refractivity contribution in [1.29, 1.82) is 0 Å². The van der Waals surface area contributed by atoms with Crippen molar-refractivity contribution in [2.45, 2.75) is 18.3 Å². The zero-order valence-corrected chi connectivity index (χ0v) is 17.5. The van der Waals surface area contributed by atoms with E-state index in [-0.39, 0.29) is 5.75 Å². The van der Waals surface area contributed by atoms with Gasteiger partial charge in [-0.15, -0.1) is 10.2 Å². The summed E-state index contributed by atoms with van der Waals surface area (Å²) < 4.78 is 12.2. The summed E-state index contributed by atoms with van der Waals surface area (Å²) in [6.07, 6.45) is -0.575. The van der Waals surface area contributed by atoms with E-state index < -0.39 is 6.23 Å². The fraction of sp³-hybridized carbons (Fsp3) is 0.211. The fourth-order valence-electron chi connectivity index (χ4n) is 2.88. The van der Waals surface area contributed by atoms with Crippen LogP contribution in [-0.4, -0.2) is 33.2 Å². The number of anilines is 1. The topological polar surface area (TPSA) is 89.4 Å². The van der Waals surface area contributed by atoms with Crippen LogP contribution < -0.4 is 14.8 Å². The maximum Gasteiger partial charge on any atom is 0.247 e. The van der Waals surface area contributed by atoms with Crippen molar-refractivity contribution >= 4 is 33.4 Å². The fourth-order valence-corrected chi connectivity index (χ4v) is 3.75. The van der Waals surface area contributed by atoms with E-state index in [4.69, 9.17) is 9.47 Å². The first kappa shape index (κ1) is 18.8. The third-order valence-electron chi connectivity index (χ3n) is 4.17. The number of halogens is 1. The molecule has 2 aromatic carbocycles. The molecule has 0 spiro atoms. The highest BCUT2D eigenvalue weighted by Crippen LogP contribution is 2.41. The van der Waals surface area contributed by atoms with Gasteiger partial charge >= 0.3 is 0 Å². The zero-order chi connectivity index (χ0) is 19.7. The third-order valence-corrected chi connectivity index (χ3v) is 5.38. The average molecular weight is 461 g/mol. The van der Waals surface area contributed by atoms with Gasteiger partial charge in [0.2, 0.25) is 11.0 Å². The molecule has 0 amide bonds. The molecule has 2 N–H and O–H groups in total. The lowest BCUT2D eigenvalue weighted by atomic mass is 10.1. The quantitative estimate of drug-likeness (QED) is 0.544. The van der Waals surface area contributed by atoms with Gasteiger partial charge in [-0.3, -0.25) is 0 Å². The number of hydrogen-bond acceptors (Lipinski definition) is 8. The predicted octanol–water partition coefficient (Wildman–Crippen LogP) is 4.63. The first-order valence-electron chi connectivity index (χ1n) is 8.56. The standard InChI is InChI=1S/C19H17BrN4O3S/c1-3-28-19-22-18-16(23-24-19)12-9-11(20)5-6-13(12)21-17(27-18)10-4-7-15(26-2)14(25)8-10/h4-9,17,21,25H,3H2,1-2H3. The number of nitrogens with zero attached hydrogens (tertiary/aromatic N) is 3. The highest BCUT2D eigenvalue weighted by Gasteiger charge is 2.27. The molecule has 28 heavy (non-hydrogen) atoms. The molecule has 0 saturated heterocycles. The second-order valence-corrected chi connectivity index (χ2v) is 8.09. The summed E-state index contributed by atoms with van der Waals surface area (Å²) in [6, 6.07) is 10.9. The van der Waals surface area contributed by atoms with Gasteiger partial charge in [-0.05, 0) is 42.2 Å². The van der Waals surface area contributed by atoms with Crippen LogP contribution in [0.25, 0.3) is 11.3 Å². The van der Waals surface area contributed by atoms with Crippen LogP contribution in [0.5, 0.6) is 17.4 Å². The molecule has 9 heteroatoms. The number of fused-ring (bicyclic) bond motifs is 3. The molecule has 0 radical (unpaired) electrons. The van der Waals surface area contributed by atoms with E-state index in [1.54, 1.807) is 12.1 Å². The number of aromatic nitrogens is 3. The zero-order valence-electron chi connectivity index (χ0n) is 15.1. The van der Waals surface area contributed by atoms with Crippen molar-refractivity contribution in [2.24, 2.45) is 0 Å². The lowest BCUT2D eigenvalue weighted by Crippen LogP contribution is -2.17. The normalized spacial score (nSPS) is 14.9. The summed E-state index contributed by atoms with van der Waals surface area (Å²) in [5, 5.41) is 22.7. The smallest absolute Gasteiger partial charge is 0.247 e. The molecule has 144 valence electrons. The van der Waals surface area contributed by atoms with E-state index >= 15 is 0 Å². The van der Waals surface area contributed by atoms with E-state index in [1.165, 1.54) is 18.9 Å². The minimum Gasteiger partial charge on any atom is -0.504 e. The summed E-state index contributed by atoms with van der Waals surface area (Å²) in [5.41, 5.74) is 2.94. The second kappa shape index (κ2) is 7.84. The highest BCUT2D eigenvalue weighted by atomic mass is 79.9. The molecule has 0 aliphatic carbocycles. The van der Waals surface area contributed by atoms with Crippen molar-refractivity contribution in [3.8, 4) is 28.6 Å². The van der Waals surface area contributed by atoms with E-state index in [0.717, 1.165) is 27.0 Å². The van der Waals surface area contributed by atoms with E-state index in [9.17, 15) is 5.11 Å². The predicted molar refractivity (Wildman–Crippen MR) is 111 cm³/mol. The van der Waals surface area contributed by atoms with Gasteiger partial charge in [0.15, 0.2) is 23.4 Å². The van der Waals surface area contributed by atoms with Crippen molar-refractivity contribution in [2.75, 3.05) is 18.2 Å². The van der Waals surface area contributed by atoms with Crippen LogP contribution in [0, 0.1) is 0 Å². The molecular weight excluding hydrogens is 444 g/mol. The first-order valence-corrected chi connectivity index (χ1v) is 10.3. The molecule has 1 unspecified atom stereocenters. The Kier molecular flexibility index (Phi) is 5.27. The van der Waals surface area contributed by atoms with Gasteiger partial charge in [0.05, 0.1) is 7.11 Å². The SMILES string of the molecule is CCSc1nnc2c(n1)OC(c1ccc(OC)c(O)c1)Nc1ccc(Br)cc1-2. The van der Waals surface area contributed by atoms with Gasteiger partial charge in [0.25, 0.3) is 0 Å². The van der Waals surface area contributed by atoms with Gasteiger partial charge in [-0.2, -0.15) is 4.98 Å². The number of rotatable bonds is 4. The van der Waals surface area contributed by atoms with Crippen molar-refractivity contribution in [1.82, 2.24) is 15.2 Å². The summed E-state index contributed by atoms with van der Waals surface area (Å²) in [7, 11) is 1.51. The number of methoxy groups -OCH3 is 1. The van der Waals surface area contributed by atoms with Crippen LogP contribution >= 0.6 is 27.7 Å². The molecule has 0 bridgehead atoms. The minimum atomic E-state index is -0.575. The van der Waals surface area contributed by atoms with Gasteiger partial charge in [-0.25, -0.2) is 0 Å².